The highest BCUT2D eigenvalue weighted by Gasteiger charge is 2.13. The molecule has 0 heterocycles. The number of para-hydroxylation sites is 1. The van der Waals surface area contributed by atoms with Crippen molar-refractivity contribution in [2.45, 2.75) is 0 Å². The van der Waals surface area contributed by atoms with Crippen molar-refractivity contribution in [1.82, 2.24) is 5.43 Å². The Kier molecular flexibility index (Phi) is 6.84. The Hall–Kier alpha value is -3.35. The van der Waals surface area contributed by atoms with Crippen molar-refractivity contribution in [1.29, 1.82) is 0 Å². The van der Waals surface area contributed by atoms with E-state index in [0.29, 0.717) is 32.8 Å². The van der Waals surface area contributed by atoms with Crippen LogP contribution in [0.25, 0.3) is 0 Å². The van der Waals surface area contributed by atoms with Gasteiger partial charge in [0.2, 0.25) is 0 Å². The van der Waals surface area contributed by atoms with E-state index in [4.69, 9.17) is 27.9 Å². The molecule has 0 aliphatic carbocycles. The van der Waals surface area contributed by atoms with Crippen molar-refractivity contribution in [3.63, 3.8) is 0 Å². The van der Waals surface area contributed by atoms with Gasteiger partial charge in [-0.2, -0.15) is 5.10 Å². The molecular weight excluding hydrogens is 413 g/mol. The van der Waals surface area contributed by atoms with Gasteiger partial charge in [0.05, 0.1) is 16.3 Å². The molecule has 0 saturated carbocycles. The summed E-state index contributed by atoms with van der Waals surface area (Å²) in [5.41, 5.74) is 3.21. The van der Waals surface area contributed by atoms with Gasteiger partial charge in [-0.25, -0.2) is 5.43 Å². The highest BCUT2D eigenvalue weighted by atomic mass is 35.5. The second kappa shape index (κ2) is 9.73. The Balaban J connectivity index is 1.51. The zero-order valence-corrected chi connectivity index (χ0v) is 16.4. The number of hydrogen-bond donors (Lipinski definition) is 2. The highest BCUT2D eigenvalue weighted by Crippen LogP contribution is 2.23. The number of nitrogens with one attached hydrogen (secondary N) is 2. The first-order valence-electron chi connectivity index (χ1n) is 8.44. The molecule has 8 heteroatoms. The van der Waals surface area contributed by atoms with Crippen molar-refractivity contribution in [2.75, 3.05) is 5.32 Å². The van der Waals surface area contributed by atoms with Gasteiger partial charge in [-0.05, 0) is 54.1 Å². The zero-order chi connectivity index (χ0) is 20.6. The van der Waals surface area contributed by atoms with Gasteiger partial charge in [0.15, 0.2) is 0 Å². The highest BCUT2D eigenvalue weighted by molar-refractivity contribution is 6.42. The number of hydrogen-bond acceptors (Lipinski definition) is 4. The number of hydrazone groups is 1. The third-order valence-corrected chi connectivity index (χ3v) is 4.36. The molecule has 0 aromatic heterocycles. The molecule has 0 bridgehead atoms. The lowest BCUT2D eigenvalue weighted by atomic mass is 10.2. The molecule has 29 heavy (non-hydrogen) atoms. The topological polar surface area (TPSA) is 79.8 Å². The molecule has 0 spiro atoms. The Bertz CT molecular complexity index is 1040. The largest absolute Gasteiger partial charge is 0.457 e. The predicted molar refractivity (Wildman–Crippen MR) is 114 cm³/mol. The van der Waals surface area contributed by atoms with Gasteiger partial charge in [0.25, 0.3) is 0 Å². The number of nitrogens with zero attached hydrogens (tertiary/aromatic N) is 1. The quantitative estimate of drug-likeness (QED) is 0.346. The molecule has 0 radical (unpaired) electrons. The number of carbonyl (C=O) groups excluding carboxylic acids is 2. The first-order chi connectivity index (χ1) is 14.0. The number of benzene rings is 3. The maximum atomic E-state index is 12.0. The zero-order valence-electron chi connectivity index (χ0n) is 14.9. The summed E-state index contributed by atoms with van der Waals surface area (Å²) >= 11 is 11.7. The molecule has 146 valence electrons. The van der Waals surface area contributed by atoms with Gasteiger partial charge < -0.3 is 10.1 Å². The molecule has 0 saturated heterocycles. The van der Waals surface area contributed by atoms with E-state index < -0.39 is 11.8 Å². The summed E-state index contributed by atoms with van der Waals surface area (Å²) < 4.78 is 5.67. The third kappa shape index (κ3) is 6.07. The Labute approximate surface area is 177 Å². The number of anilines is 1. The maximum Gasteiger partial charge on any atom is 0.329 e. The summed E-state index contributed by atoms with van der Waals surface area (Å²) in [6, 6.07) is 20.8. The van der Waals surface area contributed by atoms with Gasteiger partial charge in [-0.3, -0.25) is 9.59 Å². The van der Waals surface area contributed by atoms with E-state index in [9.17, 15) is 9.59 Å². The second-order valence-electron chi connectivity index (χ2n) is 5.77. The molecule has 2 amide bonds. The van der Waals surface area contributed by atoms with Crippen LogP contribution in [0.1, 0.15) is 5.56 Å². The molecular formula is C21H15Cl2N3O3. The number of ether oxygens (including phenoxy) is 1. The molecule has 2 N–H and O–H groups in total. The average molecular weight is 428 g/mol. The molecule has 3 aromatic carbocycles. The van der Waals surface area contributed by atoms with Crippen molar-refractivity contribution >= 4 is 46.9 Å². The van der Waals surface area contributed by atoms with Gasteiger partial charge in [-0.1, -0.05) is 47.5 Å². The summed E-state index contributed by atoms with van der Waals surface area (Å²) in [6.07, 6.45) is 1.35. The van der Waals surface area contributed by atoms with E-state index in [2.05, 4.69) is 15.8 Å². The summed E-state index contributed by atoms with van der Waals surface area (Å²) in [5, 5.41) is 6.98. The van der Waals surface area contributed by atoms with Crippen LogP contribution < -0.4 is 15.5 Å². The van der Waals surface area contributed by atoms with Crippen molar-refractivity contribution in [3.8, 4) is 11.5 Å². The standard InChI is InChI=1S/C21H15Cl2N3O3/c22-18-11-6-14(12-19(18)23)13-24-26-21(28)20(27)25-15-7-9-17(10-8-15)29-16-4-2-1-3-5-16/h1-13H,(H,25,27)(H,26,28)/b24-13-. The minimum absolute atomic E-state index is 0.361. The van der Waals surface area contributed by atoms with Crippen LogP contribution in [0.2, 0.25) is 10.0 Å². The van der Waals surface area contributed by atoms with Crippen LogP contribution in [0.5, 0.6) is 11.5 Å². The number of carbonyl (C=O) groups is 2. The van der Waals surface area contributed by atoms with Crippen LogP contribution in [0.4, 0.5) is 5.69 Å². The maximum absolute atomic E-state index is 12.0. The van der Waals surface area contributed by atoms with E-state index in [1.165, 1.54) is 6.21 Å². The summed E-state index contributed by atoms with van der Waals surface area (Å²) in [7, 11) is 0. The minimum atomic E-state index is -0.911. The van der Waals surface area contributed by atoms with Gasteiger partial charge in [0, 0.05) is 5.69 Å². The normalized spacial score (nSPS) is 10.6. The van der Waals surface area contributed by atoms with E-state index in [-0.39, 0.29) is 0 Å². The fraction of sp³-hybridized carbons (Fsp3) is 0. The third-order valence-electron chi connectivity index (χ3n) is 3.62. The average Bonchev–Trinajstić information content (AvgIpc) is 2.73. The van der Waals surface area contributed by atoms with Crippen LogP contribution in [-0.4, -0.2) is 18.0 Å². The Morgan fingerprint density at radius 3 is 2.21 bits per heavy atom. The second-order valence-corrected chi connectivity index (χ2v) is 6.58. The Morgan fingerprint density at radius 1 is 0.828 bits per heavy atom. The smallest absolute Gasteiger partial charge is 0.329 e. The lowest BCUT2D eigenvalue weighted by Crippen LogP contribution is -2.32. The van der Waals surface area contributed by atoms with Crippen LogP contribution in [-0.2, 0) is 9.59 Å². The Morgan fingerprint density at radius 2 is 1.52 bits per heavy atom. The lowest BCUT2D eigenvalue weighted by molar-refractivity contribution is -0.136. The van der Waals surface area contributed by atoms with E-state index >= 15 is 0 Å². The molecule has 6 nitrogen and oxygen atoms in total. The fourth-order valence-electron chi connectivity index (χ4n) is 2.23. The number of rotatable bonds is 5. The molecule has 0 aliphatic heterocycles. The molecule has 0 atom stereocenters. The van der Waals surface area contributed by atoms with Gasteiger partial charge >= 0.3 is 11.8 Å². The number of halogens is 2. The van der Waals surface area contributed by atoms with E-state index in [0.717, 1.165) is 0 Å². The summed E-state index contributed by atoms with van der Waals surface area (Å²) in [6.45, 7) is 0. The van der Waals surface area contributed by atoms with Crippen LogP contribution >= 0.6 is 23.2 Å². The monoisotopic (exact) mass is 427 g/mol. The SMILES string of the molecule is O=C(N/N=C\c1ccc(Cl)c(Cl)c1)C(=O)Nc1ccc(Oc2ccccc2)cc1. The van der Waals surface area contributed by atoms with Crippen LogP contribution in [0, 0.1) is 0 Å². The van der Waals surface area contributed by atoms with Crippen LogP contribution in [0.3, 0.4) is 0 Å². The fourth-order valence-corrected chi connectivity index (χ4v) is 2.53. The van der Waals surface area contributed by atoms with Gasteiger partial charge in [0.1, 0.15) is 11.5 Å². The molecule has 0 fully saturated rings. The van der Waals surface area contributed by atoms with Crippen molar-refractivity contribution in [3.05, 3.63) is 88.4 Å². The molecule has 0 unspecified atom stereocenters. The predicted octanol–water partition coefficient (Wildman–Crippen LogP) is 4.87. The molecule has 0 aliphatic rings. The van der Waals surface area contributed by atoms with E-state index in [1.54, 1.807) is 42.5 Å². The first kappa shape index (κ1) is 20.4. The number of amides is 2. The van der Waals surface area contributed by atoms with Crippen molar-refractivity contribution < 1.29 is 14.3 Å². The lowest BCUT2D eigenvalue weighted by Gasteiger charge is -2.07. The first-order valence-corrected chi connectivity index (χ1v) is 9.19. The van der Waals surface area contributed by atoms with Crippen LogP contribution in [0.15, 0.2) is 77.9 Å². The molecule has 3 rings (SSSR count). The van der Waals surface area contributed by atoms with Crippen molar-refractivity contribution in [2.24, 2.45) is 5.10 Å². The minimum Gasteiger partial charge on any atom is -0.457 e. The van der Waals surface area contributed by atoms with E-state index in [1.807, 2.05) is 30.3 Å². The summed E-state index contributed by atoms with van der Waals surface area (Å²) in [5.74, 6) is -0.465. The summed E-state index contributed by atoms with van der Waals surface area (Å²) in [4.78, 5) is 23.8. The van der Waals surface area contributed by atoms with Gasteiger partial charge in [-0.15, -0.1) is 0 Å². The molecule has 3 aromatic rings.